The fourth-order valence-corrected chi connectivity index (χ4v) is 2.26. The van der Waals surface area contributed by atoms with Gasteiger partial charge >= 0.3 is 0 Å². The molecule has 3 N–H and O–H groups in total. The number of carbonyl (C=O) groups excluding carboxylic acids is 2. The molecule has 5 nitrogen and oxygen atoms in total. The van der Waals surface area contributed by atoms with E-state index in [0.717, 1.165) is 6.42 Å². The Morgan fingerprint density at radius 2 is 1.72 bits per heavy atom. The van der Waals surface area contributed by atoms with Gasteiger partial charge in [-0.2, -0.15) is 0 Å². The van der Waals surface area contributed by atoms with Crippen molar-refractivity contribution in [2.24, 2.45) is 0 Å². The van der Waals surface area contributed by atoms with Crippen molar-refractivity contribution in [3.8, 4) is 0 Å². The average molecular weight is 359 g/mol. The Morgan fingerprint density at radius 1 is 1.04 bits per heavy atom. The van der Waals surface area contributed by atoms with Crippen molar-refractivity contribution in [3.63, 3.8) is 0 Å². The van der Waals surface area contributed by atoms with Gasteiger partial charge in [-0.3, -0.25) is 14.9 Å². The summed E-state index contributed by atoms with van der Waals surface area (Å²) in [5, 5.41) is 8.18. The van der Waals surface area contributed by atoms with Crippen LogP contribution in [0.3, 0.4) is 0 Å². The second kappa shape index (κ2) is 8.89. The quantitative estimate of drug-likeness (QED) is 0.718. The largest absolute Gasteiger partial charge is 0.352 e. The van der Waals surface area contributed by atoms with Crippen LogP contribution in [0.4, 0.5) is 10.1 Å². The third-order valence-electron chi connectivity index (χ3n) is 3.29. The number of hydrogen-bond acceptors (Lipinski definition) is 3. The van der Waals surface area contributed by atoms with Crippen LogP contribution in [0.2, 0.25) is 0 Å². The molecule has 0 bridgehead atoms. The van der Waals surface area contributed by atoms with Gasteiger partial charge in [-0.15, -0.1) is 0 Å². The van der Waals surface area contributed by atoms with Crippen molar-refractivity contribution in [2.45, 2.75) is 13.3 Å². The third kappa shape index (κ3) is 5.36. The van der Waals surface area contributed by atoms with Crippen LogP contribution in [-0.4, -0.2) is 23.5 Å². The SMILES string of the molecule is CCCNC(=O)c1ccccc1NC(=S)NC(=O)c1ccc(F)cc1. The van der Waals surface area contributed by atoms with E-state index >= 15 is 0 Å². The van der Waals surface area contributed by atoms with E-state index in [1.54, 1.807) is 24.3 Å². The first-order valence-electron chi connectivity index (χ1n) is 7.76. The van der Waals surface area contributed by atoms with E-state index in [4.69, 9.17) is 12.2 Å². The molecular formula is C18H18FN3O2S. The molecule has 2 aromatic carbocycles. The standard InChI is InChI=1S/C18H18FN3O2S/c1-2-11-20-17(24)14-5-3-4-6-15(14)21-18(25)22-16(23)12-7-9-13(19)10-8-12/h3-10H,2,11H2,1H3,(H,20,24)(H2,21,22,23,25). The topological polar surface area (TPSA) is 70.2 Å². The predicted octanol–water partition coefficient (Wildman–Crippen LogP) is 3.09. The zero-order valence-electron chi connectivity index (χ0n) is 13.6. The van der Waals surface area contributed by atoms with Crippen LogP contribution < -0.4 is 16.0 Å². The molecule has 130 valence electrons. The Bertz CT molecular complexity index is 778. The number of carbonyl (C=O) groups is 2. The van der Waals surface area contributed by atoms with Gasteiger partial charge in [-0.05, 0) is 55.0 Å². The van der Waals surface area contributed by atoms with E-state index in [2.05, 4.69) is 16.0 Å². The zero-order valence-corrected chi connectivity index (χ0v) is 14.5. The van der Waals surface area contributed by atoms with Crippen LogP contribution in [0.1, 0.15) is 34.1 Å². The lowest BCUT2D eigenvalue weighted by molar-refractivity contribution is 0.0952. The summed E-state index contributed by atoms with van der Waals surface area (Å²) in [4.78, 5) is 24.2. The number of rotatable bonds is 5. The summed E-state index contributed by atoms with van der Waals surface area (Å²) in [6.45, 7) is 2.53. The molecule has 2 aromatic rings. The van der Waals surface area contributed by atoms with Crippen molar-refractivity contribution >= 4 is 34.8 Å². The fraction of sp³-hybridized carbons (Fsp3) is 0.167. The van der Waals surface area contributed by atoms with E-state index in [9.17, 15) is 14.0 Å². The molecule has 0 spiro atoms. The highest BCUT2D eigenvalue weighted by atomic mass is 32.1. The minimum atomic E-state index is -0.467. The highest BCUT2D eigenvalue weighted by Crippen LogP contribution is 2.15. The average Bonchev–Trinajstić information content (AvgIpc) is 2.60. The highest BCUT2D eigenvalue weighted by molar-refractivity contribution is 7.80. The normalized spacial score (nSPS) is 10.0. The molecule has 0 saturated heterocycles. The first kappa shape index (κ1) is 18.5. The Morgan fingerprint density at radius 3 is 2.40 bits per heavy atom. The summed E-state index contributed by atoms with van der Waals surface area (Å²) < 4.78 is 12.9. The number of anilines is 1. The number of para-hydroxylation sites is 1. The molecule has 0 aliphatic rings. The second-order valence-electron chi connectivity index (χ2n) is 5.22. The van der Waals surface area contributed by atoms with E-state index in [0.29, 0.717) is 17.8 Å². The number of thiocarbonyl (C=S) groups is 1. The molecule has 0 fully saturated rings. The molecule has 0 saturated carbocycles. The highest BCUT2D eigenvalue weighted by Gasteiger charge is 2.13. The van der Waals surface area contributed by atoms with Gasteiger partial charge in [0.15, 0.2) is 5.11 Å². The molecule has 7 heteroatoms. The van der Waals surface area contributed by atoms with Crippen LogP contribution in [0, 0.1) is 5.82 Å². The number of amides is 2. The smallest absolute Gasteiger partial charge is 0.257 e. The van der Waals surface area contributed by atoms with Crippen LogP contribution >= 0.6 is 12.2 Å². The van der Waals surface area contributed by atoms with Crippen molar-refractivity contribution in [1.29, 1.82) is 0 Å². The maximum absolute atomic E-state index is 12.9. The van der Waals surface area contributed by atoms with Gasteiger partial charge in [0.05, 0.1) is 11.3 Å². The molecule has 0 heterocycles. The summed E-state index contributed by atoms with van der Waals surface area (Å²) in [5.41, 5.74) is 1.19. The molecule has 2 rings (SSSR count). The van der Waals surface area contributed by atoms with Gasteiger partial charge in [0.2, 0.25) is 0 Å². The Kier molecular flexibility index (Phi) is 6.59. The van der Waals surface area contributed by atoms with Crippen LogP contribution in [0.15, 0.2) is 48.5 Å². The summed E-state index contributed by atoms with van der Waals surface area (Å²) in [7, 11) is 0. The molecule has 0 radical (unpaired) electrons. The van der Waals surface area contributed by atoms with E-state index < -0.39 is 11.7 Å². The van der Waals surface area contributed by atoms with Crippen LogP contribution in [-0.2, 0) is 0 Å². The van der Waals surface area contributed by atoms with Gasteiger partial charge in [0, 0.05) is 12.1 Å². The molecule has 0 aliphatic carbocycles. The van der Waals surface area contributed by atoms with Crippen molar-refractivity contribution in [1.82, 2.24) is 10.6 Å². The maximum atomic E-state index is 12.9. The molecule has 0 atom stereocenters. The van der Waals surface area contributed by atoms with E-state index in [1.165, 1.54) is 24.3 Å². The van der Waals surface area contributed by atoms with Crippen LogP contribution in [0.25, 0.3) is 0 Å². The minimum absolute atomic E-state index is 0.0464. The number of halogens is 1. The van der Waals surface area contributed by atoms with Gasteiger partial charge in [-0.25, -0.2) is 4.39 Å². The summed E-state index contributed by atoms with van der Waals surface area (Å²) in [6, 6.07) is 12.0. The number of nitrogens with one attached hydrogen (secondary N) is 3. The lowest BCUT2D eigenvalue weighted by Crippen LogP contribution is -2.35. The maximum Gasteiger partial charge on any atom is 0.257 e. The predicted molar refractivity (Wildman–Crippen MR) is 99.2 cm³/mol. The van der Waals surface area contributed by atoms with Gasteiger partial charge < -0.3 is 10.6 Å². The lowest BCUT2D eigenvalue weighted by atomic mass is 10.1. The Hall–Kier alpha value is -2.80. The molecule has 0 aromatic heterocycles. The second-order valence-corrected chi connectivity index (χ2v) is 5.62. The first-order chi connectivity index (χ1) is 12.0. The first-order valence-corrected chi connectivity index (χ1v) is 8.17. The molecule has 25 heavy (non-hydrogen) atoms. The summed E-state index contributed by atoms with van der Waals surface area (Å²) >= 11 is 5.12. The molecule has 2 amide bonds. The van der Waals surface area contributed by atoms with E-state index in [1.807, 2.05) is 6.92 Å². The van der Waals surface area contributed by atoms with Gasteiger partial charge in [0.25, 0.3) is 11.8 Å². The minimum Gasteiger partial charge on any atom is -0.352 e. The lowest BCUT2D eigenvalue weighted by Gasteiger charge is -2.13. The van der Waals surface area contributed by atoms with E-state index in [-0.39, 0.29) is 16.6 Å². The number of hydrogen-bond donors (Lipinski definition) is 3. The Labute approximate surface area is 150 Å². The van der Waals surface area contributed by atoms with Crippen molar-refractivity contribution < 1.29 is 14.0 Å². The van der Waals surface area contributed by atoms with Crippen molar-refractivity contribution in [3.05, 3.63) is 65.5 Å². The van der Waals surface area contributed by atoms with Crippen LogP contribution in [0.5, 0.6) is 0 Å². The molecule has 0 unspecified atom stereocenters. The molecule has 0 aliphatic heterocycles. The third-order valence-corrected chi connectivity index (χ3v) is 3.49. The Balaban J connectivity index is 2.04. The monoisotopic (exact) mass is 359 g/mol. The zero-order chi connectivity index (χ0) is 18.2. The number of benzene rings is 2. The summed E-state index contributed by atoms with van der Waals surface area (Å²) in [5.74, 6) is -1.12. The summed E-state index contributed by atoms with van der Waals surface area (Å²) in [6.07, 6.45) is 0.827. The van der Waals surface area contributed by atoms with Gasteiger partial charge in [0.1, 0.15) is 5.82 Å². The fourth-order valence-electron chi connectivity index (χ4n) is 2.05. The van der Waals surface area contributed by atoms with Crippen molar-refractivity contribution in [2.75, 3.05) is 11.9 Å². The molecular weight excluding hydrogens is 341 g/mol. The van der Waals surface area contributed by atoms with Gasteiger partial charge in [-0.1, -0.05) is 19.1 Å².